The molecule has 3 aromatic rings. The predicted octanol–water partition coefficient (Wildman–Crippen LogP) is 3.99. The van der Waals surface area contributed by atoms with E-state index in [0.29, 0.717) is 18.7 Å². The van der Waals surface area contributed by atoms with Crippen molar-refractivity contribution in [3.8, 4) is 0 Å². The summed E-state index contributed by atoms with van der Waals surface area (Å²) in [6.07, 6.45) is 7.48. The third-order valence-corrected chi connectivity index (χ3v) is 5.50. The van der Waals surface area contributed by atoms with E-state index in [-0.39, 0.29) is 11.8 Å². The van der Waals surface area contributed by atoms with E-state index in [4.69, 9.17) is 0 Å². The first-order valence-corrected chi connectivity index (χ1v) is 9.91. The molecule has 2 amide bonds. The summed E-state index contributed by atoms with van der Waals surface area (Å²) < 4.78 is 0. The fourth-order valence-electron chi connectivity index (χ4n) is 3.17. The fourth-order valence-corrected chi connectivity index (χ4v) is 3.79. The predicted molar refractivity (Wildman–Crippen MR) is 111 cm³/mol. The third-order valence-electron chi connectivity index (χ3n) is 4.66. The Hall–Kier alpha value is -3.25. The van der Waals surface area contributed by atoms with E-state index in [2.05, 4.69) is 10.3 Å². The van der Waals surface area contributed by atoms with Gasteiger partial charge in [0.1, 0.15) is 0 Å². The van der Waals surface area contributed by atoms with Crippen LogP contribution in [0.2, 0.25) is 0 Å². The molecule has 0 unspecified atom stereocenters. The molecule has 6 heteroatoms. The second-order valence-electron chi connectivity index (χ2n) is 6.53. The van der Waals surface area contributed by atoms with Gasteiger partial charge in [0.25, 0.3) is 5.91 Å². The van der Waals surface area contributed by atoms with Crippen molar-refractivity contribution in [3.63, 3.8) is 0 Å². The lowest BCUT2D eigenvalue weighted by Gasteiger charge is -2.28. The van der Waals surface area contributed by atoms with Crippen molar-refractivity contribution in [2.24, 2.45) is 0 Å². The fraction of sp³-hybridized carbons (Fsp3) is 0.136. The van der Waals surface area contributed by atoms with Gasteiger partial charge < -0.3 is 10.2 Å². The average Bonchev–Trinajstić information content (AvgIpc) is 3.26. The number of nitrogens with one attached hydrogen (secondary N) is 1. The molecule has 3 heterocycles. The summed E-state index contributed by atoms with van der Waals surface area (Å²) in [6.45, 7) is 1.24. The Labute approximate surface area is 167 Å². The zero-order valence-corrected chi connectivity index (χ0v) is 16.0. The number of thiophene rings is 1. The highest BCUT2D eigenvalue weighted by molar-refractivity contribution is 7.10. The number of anilines is 1. The van der Waals surface area contributed by atoms with E-state index in [1.165, 1.54) is 5.56 Å². The number of carbonyl (C=O) groups is 2. The number of hydrogen-bond acceptors (Lipinski definition) is 4. The van der Waals surface area contributed by atoms with Crippen LogP contribution in [-0.2, 0) is 17.8 Å². The van der Waals surface area contributed by atoms with Crippen molar-refractivity contribution in [1.29, 1.82) is 0 Å². The van der Waals surface area contributed by atoms with Crippen molar-refractivity contribution < 1.29 is 9.59 Å². The van der Waals surface area contributed by atoms with Gasteiger partial charge in [0.15, 0.2) is 0 Å². The first-order chi connectivity index (χ1) is 13.7. The van der Waals surface area contributed by atoms with Crippen LogP contribution in [0.1, 0.15) is 26.4 Å². The van der Waals surface area contributed by atoms with Crippen molar-refractivity contribution in [2.45, 2.75) is 13.0 Å². The van der Waals surface area contributed by atoms with Crippen LogP contribution in [0.3, 0.4) is 0 Å². The topological polar surface area (TPSA) is 62.3 Å². The van der Waals surface area contributed by atoms with Crippen LogP contribution in [0.25, 0.3) is 6.08 Å². The monoisotopic (exact) mass is 389 g/mol. The Balaban J connectivity index is 1.45. The average molecular weight is 389 g/mol. The second kappa shape index (κ2) is 8.19. The zero-order chi connectivity index (χ0) is 19.3. The minimum Gasteiger partial charge on any atom is -0.334 e. The number of pyridine rings is 1. The molecular weight excluding hydrogens is 370 g/mol. The number of nitrogens with zero attached hydrogens (tertiary/aromatic N) is 2. The molecule has 0 fully saturated rings. The highest BCUT2D eigenvalue weighted by Gasteiger charge is 2.20. The number of carbonyl (C=O) groups excluding carboxylic acids is 2. The molecule has 1 aliphatic heterocycles. The summed E-state index contributed by atoms with van der Waals surface area (Å²) in [5, 5.41) is 4.90. The van der Waals surface area contributed by atoms with Gasteiger partial charge in [0, 0.05) is 47.7 Å². The van der Waals surface area contributed by atoms with Gasteiger partial charge in [0.05, 0.1) is 0 Å². The second-order valence-corrected chi connectivity index (χ2v) is 7.51. The van der Waals surface area contributed by atoms with E-state index in [0.717, 1.165) is 22.5 Å². The smallest absolute Gasteiger partial charge is 0.255 e. The summed E-state index contributed by atoms with van der Waals surface area (Å²) in [5.41, 5.74) is 3.57. The number of benzene rings is 1. The highest BCUT2D eigenvalue weighted by atomic mass is 32.1. The first-order valence-electron chi connectivity index (χ1n) is 9.03. The van der Waals surface area contributed by atoms with Crippen molar-refractivity contribution >= 4 is 34.9 Å². The zero-order valence-electron chi connectivity index (χ0n) is 15.2. The maximum atomic E-state index is 12.5. The summed E-state index contributed by atoms with van der Waals surface area (Å²) >= 11 is 1.60. The molecule has 1 N–H and O–H groups in total. The van der Waals surface area contributed by atoms with Crippen molar-refractivity contribution in [3.05, 3.63) is 87.9 Å². The Morgan fingerprint density at radius 1 is 1.11 bits per heavy atom. The number of aromatic nitrogens is 1. The van der Waals surface area contributed by atoms with Crippen LogP contribution < -0.4 is 5.32 Å². The SMILES string of the molecule is O=C(Nc1ccc2c(c1)CN(C(=O)/C=C/c1cccs1)CC2)c1ccncc1. The molecule has 2 aromatic heterocycles. The minimum absolute atomic E-state index is 0.00488. The highest BCUT2D eigenvalue weighted by Crippen LogP contribution is 2.23. The number of hydrogen-bond donors (Lipinski definition) is 1. The molecule has 1 aliphatic rings. The van der Waals surface area contributed by atoms with Gasteiger partial charge in [-0.2, -0.15) is 0 Å². The van der Waals surface area contributed by atoms with Crippen LogP contribution in [0, 0.1) is 0 Å². The van der Waals surface area contributed by atoms with Gasteiger partial charge in [-0.15, -0.1) is 11.3 Å². The van der Waals surface area contributed by atoms with Gasteiger partial charge >= 0.3 is 0 Å². The molecular formula is C22H19N3O2S. The molecule has 0 bridgehead atoms. The Morgan fingerprint density at radius 3 is 2.75 bits per heavy atom. The first kappa shape index (κ1) is 18.1. The van der Waals surface area contributed by atoms with E-state index in [9.17, 15) is 9.59 Å². The molecule has 0 atom stereocenters. The summed E-state index contributed by atoms with van der Waals surface area (Å²) in [4.78, 5) is 31.7. The van der Waals surface area contributed by atoms with E-state index < -0.39 is 0 Å². The van der Waals surface area contributed by atoms with E-state index in [1.54, 1.807) is 41.9 Å². The number of fused-ring (bicyclic) bond motifs is 1. The lowest BCUT2D eigenvalue weighted by Crippen LogP contribution is -2.34. The van der Waals surface area contributed by atoms with Crippen LogP contribution in [-0.4, -0.2) is 28.2 Å². The maximum Gasteiger partial charge on any atom is 0.255 e. The van der Waals surface area contributed by atoms with E-state index >= 15 is 0 Å². The van der Waals surface area contributed by atoms with Crippen LogP contribution >= 0.6 is 11.3 Å². The van der Waals surface area contributed by atoms with Gasteiger partial charge in [0.2, 0.25) is 5.91 Å². The lowest BCUT2D eigenvalue weighted by molar-refractivity contribution is -0.126. The Kier molecular flexibility index (Phi) is 5.30. The lowest BCUT2D eigenvalue weighted by atomic mass is 9.99. The van der Waals surface area contributed by atoms with Crippen molar-refractivity contribution in [2.75, 3.05) is 11.9 Å². The molecule has 0 spiro atoms. The molecule has 28 heavy (non-hydrogen) atoms. The van der Waals surface area contributed by atoms with Crippen molar-refractivity contribution in [1.82, 2.24) is 9.88 Å². The third kappa shape index (κ3) is 4.18. The quantitative estimate of drug-likeness (QED) is 0.686. The maximum absolute atomic E-state index is 12.5. The molecule has 0 radical (unpaired) electrons. The summed E-state index contributed by atoms with van der Waals surface area (Å²) in [6, 6.07) is 13.2. The molecule has 0 aliphatic carbocycles. The summed E-state index contributed by atoms with van der Waals surface area (Å²) in [5.74, 6) is -0.171. The number of amides is 2. The molecule has 0 saturated heterocycles. The Morgan fingerprint density at radius 2 is 1.96 bits per heavy atom. The molecule has 4 rings (SSSR count). The van der Waals surface area contributed by atoms with Gasteiger partial charge in [-0.1, -0.05) is 12.1 Å². The molecule has 0 saturated carbocycles. The standard InChI is InChI=1S/C22H19N3O2S/c26-21(6-5-20-2-1-13-28-20)25-12-9-16-3-4-19(14-18(16)15-25)24-22(27)17-7-10-23-11-8-17/h1-8,10-11,13-14H,9,12,15H2,(H,24,27)/b6-5+. The normalized spacial score (nSPS) is 13.4. The molecule has 1 aromatic carbocycles. The number of rotatable bonds is 4. The van der Waals surface area contributed by atoms with Crippen LogP contribution in [0.15, 0.2) is 66.3 Å². The van der Waals surface area contributed by atoms with Gasteiger partial charge in [-0.3, -0.25) is 14.6 Å². The van der Waals surface area contributed by atoms with Gasteiger partial charge in [-0.25, -0.2) is 0 Å². The largest absolute Gasteiger partial charge is 0.334 e. The minimum atomic E-state index is -0.176. The summed E-state index contributed by atoms with van der Waals surface area (Å²) in [7, 11) is 0. The molecule has 140 valence electrons. The van der Waals surface area contributed by atoms with Crippen LogP contribution in [0.4, 0.5) is 5.69 Å². The van der Waals surface area contributed by atoms with Gasteiger partial charge in [-0.05, 0) is 59.3 Å². The van der Waals surface area contributed by atoms with E-state index in [1.807, 2.05) is 46.7 Å². The Bertz CT molecular complexity index is 1010. The van der Waals surface area contributed by atoms with Crippen LogP contribution in [0.5, 0.6) is 0 Å². The molecule has 5 nitrogen and oxygen atoms in total.